The fraction of sp³-hybridized carbons (Fsp3) is 0.818. The Labute approximate surface area is 79.6 Å². The Morgan fingerprint density at radius 1 is 1.62 bits per heavy atom. The minimum atomic E-state index is -1.11. The molecule has 2 heteroatoms. The molecule has 13 heavy (non-hydrogen) atoms. The van der Waals surface area contributed by atoms with Gasteiger partial charge in [-0.3, -0.25) is 4.90 Å². The standard InChI is InChI=1S/C11H18FN/c1-3-10(12)8-11(4-2)6-5-7-13(11)9-10/h3H,1,4-9H2,2H3/t10?,11-/m0/s1. The number of nitrogens with zero attached hydrogens (tertiary/aromatic N) is 1. The van der Waals surface area contributed by atoms with E-state index >= 15 is 0 Å². The summed E-state index contributed by atoms with van der Waals surface area (Å²) in [7, 11) is 0. The molecule has 0 amide bonds. The third-order valence-corrected chi connectivity index (χ3v) is 3.84. The van der Waals surface area contributed by atoms with Crippen molar-refractivity contribution in [1.82, 2.24) is 4.90 Å². The first-order chi connectivity index (χ1) is 6.14. The quantitative estimate of drug-likeness (QED) is 0.595. The third-order valence-electron chi connectivity index (χ3n) is 3.84. The van der Waals surface area contributed by atoms with Crippen molar-refractivity contribution in [3.8, 4) is 0 Å². The second-order valence-electron chi connectivity index (χ2n) is 4.52. The molecule has 2 heterocycles. The van der Waals surface area contributed by atoms with Gasteiger partial charge >= 0.3 is 0 Å². The molecule has 2 atom stereocenters. The molecule has 0 aromatic rings. The molecule has 1 nitrogen and oxygen atoms in total. The minimum absolute atomic E-state index is 0.170. The van der Waals surface area contributed by atoms with E-state index in [1.165, 1.54) is 18.9 Å². The molecule has 0 N–H and O–H groups in total. The predicted molar refractivity (Wildman–Crippen MR) is 52.5 cm³/mol. The Hall–Kier alpha value is -0.370. The van der Waals surface area contributed by atoms with Crippen LogP contribution in [0, 0.1) is 0 Å². The number of alkyl halides is 1. The van der Waals surface area contributed by atoms with Crippen molar-refractivity contribution in [2.75, 3.05) is 13.1 Å². The van der Waals surface area contributed by atoms with Crippen molar-refractivity contribution in [2.24, 2.45) is 0 Å². The van der Waals surface area contributed by atoms with Crippen LogP contribution in [0.2, 0.25) is 0 Å². The van der Waals surface area contributed by atoms with Crippen LogP contribution in [0.15, 0.2) is 12.7 Å². The maximum absolute atomic E-state index is 14.0. The molecule has 0 aliphatic carbocycles. The van der Waals surface area contributed by atoms with E-state index in [0.29, 0.717) is 13.0 Å². The molecule has 0 aromatic heterocycles. The molecular weight excluding hydrogens is 165 g/mol. The first-order valence-electron chi connectivity index (χ1n) is 5.22. The molecule has 2 rings (SSSR count). The summed E-state index contributed by atoms with van der Waals surface area (Å²) in [5, 5.41) is 0. The summed E-state index contributed by atoms with van der Waals surface area (Å²) in [6.45, 7) is 7.43. The van der Waals surface area contributed by atoms with Gasteiger partial charge in [0, 0.05) is 18.5 Å². The fourth-order valence-electron chi connectivity index (χ4n) is 3.02. The zero-order chi connectivity index (χ0) is 9.53. The van der Waals surface area contributed by atoms with Crippen LogP contribution in [0.4, 0.5) is 4.39 Å². The van der Waals surface area contributed by atoms with Gasteiger partial charge in [-0.1, -0.05) is 19.6 Å². The van der Waals surface area contributed by atoms with Crippen LogP contribution in [0.3, 0.4) is 0 Å². The van der Waals surface area contributed by atoms with Gasteiger partial charge in [0.05, 0.1) is 0 Å². The second kappa shape index (κ2) is 2.81. The minimum Gasteiger partial charge on any atom is -0.294 e. The topological polar surface area (TPSA) is 3.24 Å². The van der Waals surface area contributed by atoms with Gasteiger partial charge in [-0.15, -0.1) is 0 Å². The summed E-state index contributed by atoms with van der Waals surface area (Å²) in [6, 6.07) is 0. The molecule has 1 unspecified atom stereocenters. The van der Waals surface area contributed by atoms with Crippen molar-refractivity contribution in [2.45, 2.75) is 43.8 Å². The summed E-state index contributed by atoms with van der Waals surface area (Å²) < 4.78 is 14.0. The smallest absolute Gasteiger partial charge is 0.143 e. The molecule has 0 aromatic carbocycles. The molecule has 0 saturated carbocycles. The van der Waals surface area contributed by atoms with E-state index in [1.54, 1.807) is 0 Å². The van der Waals surface area contributed by atoms with Crippen molar-refractivity contribution in [3.05, 3.63) is 12.7 Å². The fourth-order valence-corrected chi connectivity index (χ4v) is 3.02. The molecule has 0 bridgehead atoms. The number of halogens is 1. The molecule has 0 spiro atoms. The van der Waals surface area contributed by atoms with Gasteiger partial charge in [0.1, 0.15) is 5.67 Å². The summed E-state index contributed by atoms with van der Waals surface area (Å²) in [4.78, 5) is 2.33. The third kappa shape index (κ3) is 1.23. The molecule has 0 radical (unpaired) electrons. The highest BCUT2D eigenvalue weighted by Crippen LogP contribution is 2.47. The van der Waals surface area contributed by atoms with E-state index < -0.39 is 5.67 Å². The maximum atomic E-state index is 14.0. The Kier molecular flexibility index (Phi) is 1.99. The van der Waals surface area contributed by atoms with E-state index in [1.807, 2.05) is 0 Å². The summed E-state index contributed by atoms with van der Waals surface area (Å²) >= 11 is 0. The van der Waals surface area contributed by atoms with Crippen LogP contribution in [-0.4, -0.2) is 29.2 Å². The van der Waals surface area contributed by atoms with Gasteiger partial charge in [0.25, 0.3) is 0 Å². The summed E-state index contributed by atoms with van der Waals surface area (Å²) in [5.41, 5.74) is -0.945. The zero-order valence-corrected chi connectivity index (χ0v) is 8.35. The molecule has 2 aliphatic rings. The molecular formula is C11H18FN. The first kappa shape index (κ1) is 9.20. The largest absolute Gasteiger partial charge is 0.294 e. The lowest BCUT2D eigenvalue weighted by Crippen LogP contribution is -2.37. The van der Waals surface area contributed by atoms with Crippen molar-refractivity contribution < 1.29 is 4.39 Å². The van der Waals surface area contributed by atoms with Crippen molar-refractivity contribution >= 4 is 0 Å². The average Bonchev–Trinajstić information content (AvgIpc) is 2.59. The zero-order valence-electron chi connectivity index (χ0n) is 8.35. The van der Waals surface area contributed by atoms with Gasteiger partial charge in [-0.05, 0) is 25.8 Å². The lowest BCUT2D eigenvalue weighted by Gasteiger charge is -2.30. The lowest BCUT2D eigenvalue weighted by molar-refractivity contribution is 0.188. The van der Waals surface area contributed by atoms with Crippen molar-refractivity contribution in [1.29, 1.82) is 0 Å². The molecule has 74 valence electrons. The van der Waals surface area contributed by atoms with Crippen LogP contribution < -0.4 is 0 Å². The van der Waals surface area contributed by atoms with E-state index in [0.717, 1.165) is 13.0 Å². The molecule has 2 saturated heterocycles. The SMILES string of the molecule is C=CC1(F)CN2CCC[C@@]2(CC)C1. The predicted octanol–water partition coefficient (Wildman–Crippen LogP) is 2.53. The van der Waals surface area contributed by atoms with Gasteiger partial charge in [-0.2, -0.15) is 0 Å². The lowest BCUT2D eigenvalue weighted by atomic mass is 9.86. The Morgan fingerprint density at radius 3 is 2.92 bits per heavy atom. The second-order valence-corrected chi connectivity index (χ2v) is 4.52. The van der Waals surface area contributed by atoms with Crippen LogP contribution in [0.5, 0.6) is 0 Å². The van der Waals surface area contributed by atoms with E-state index in [-0.39, 0.29) is 5.54 Å². The monoisotopic (exact) mass is 183 g/mol. The van der Waals surface area contributed by atoms with Crippen LogP contribution >= 0.6 is 0 Å². The number of hydrogen-bond acceptors (Lipinski definition) is 1. The number of hydrogen-bond donors (Lipinski definition) is 0. The summed E-state index contributed by atoms with van der Waals surface area (Å²) in [5.74, 6) is 0. The van der Waals surface area contributed by atoms with Crippen LogP contribution in [-0.2, 0) is 0 Å². The highest BCUT2D eigenvalue weighted by atomic mass is 19.1. The van der Waals surface area contributed by atoms with Gasteiger partial charge < -0.3 is 0 Å². The molecule has 2 aliphatic heterocycles. The molecule has 2 fully saturated rings. The van der Waals surface area contributed by atoms with E-state index in [2.05, 4.69) is 18.4 Å². The van der Waals surface area contributed by atoms with E-state index in [4.69, 9.17) is 0 Å². The number of rotatable bonds is 2. The highest BCUT2D eigenvalue weighted by Gasteiger charge is 2.53. The van der Waals surface area contributed by atoms with E-state index in [9.17, 15) is 4.39 Å². The maximum Gasteiger partial charge on any atom is 0.143 e. The Bertz CT molecular complexity index is 228. The Morgan fingerprint density at radius 2 is 2.38 bits per heavy atom. The van der Waals surface area contributed by atoms with Crippen LogP contribution in [0.1, 0.15) is 32.6 Å². The highest BCUT2D eigenvalue weighted by molar-refractivity contribution is 5.14. The first-order valence-corrected chi connectivity index (χ1v) is 5.22. The normalized spacial score (nSPS) is 45.1. The Balaban J connectivity index is 2.22. The van der Waals surface area contributed by atoms with Crippen LogP contribution in [0.25, 0.3) is 0 Å². The van der Waals surface area contributed by atoms with Gasteiger partial charge in [-0.25, -0.2) is 4.39 Å². The summed E-state index contributed by atoms with van der Waals surface area (Å²) in [6.07, 6.45) is 5.65. The van der Waals surface area contributed by atoms with Gasteiger partial charge in [0.2, 0.25) is 0 Å². The average molecular weight is 183 g/mol. The van der Waals surface area contributed by atoms with Crippen molar-refractivity contribution in [3.63, 3.8) is 0 Å². The number of fused-ring (bicyclic) bond motifs is 1. The van der Waals surface area contributed by atoms with Gasteiger partial charge in [0.15, 0.2) is 0 Å².